The molecule has 0 radical (unpaired) electrons. The van der Waals surface area contributed by atoms with Crippen LogP contribution in [0.25, 0.3) is 164 Å². The zero-order chi connectivity index (χ0) is 74.0. The SMILES string of the molecule is c1ccc(-c2ccc(-c3ccc(N(c4ccccc4)c4ccc(-n5c6ccccc6c6c7c8ccccc8ccc7c7ccccc7c65)cc4)cc3)cc2)cc1.c1ccc(-c2ccc(N(c3ccc(-n4c5ccccc5c5c6c7ccccc7ccc6c6ccccc6c54)cc3)c3ccccc3-c3ccccc3)cc2)cc1. The Morgan fingerprint density at radius 1 is 0.161 bits per heavy atom. The Bertz CT molecular complexity index is 7300. The van der Waals surface area contributed by atoms with Crippen molar-refractivity contribution in [1.82, 2.24) is 9.13 Å². The highest BCUT2D eigenvalue weighted by Gasteiger charge is 2.25. The first-order valence-electron chi connectivity index (χ1n) is 38.5. The molecule has 0 bridgehead atoms. The van der Waals surface area contributed by atoms with Gasteiger partial charge in [-0.05, 0) is 185 Å². The molecule has 4 heteroatoms. The summed E-state index contributed by atoms with van der Waals surface area (Å²) >= 11 is 0. The van der Waals surface area contributed by atoms with Gasteiger partial charge in [-0.2, -0.15) is 0 Å². The lowest BCUT2D eigenvalue weighted by Gasteiger charge is -2.28. The average molecular weight is 1430 g/mol. The minimum absolute atomic E-state index is 1.09. The molecule has 0 saturated heterocycles. The maximum atomic E-state index is 2.48. The molecule has 0 atom stereocenters. The van der Waals surface area contributed by atoms with Crippen molar-refractivity contribution < 1.29 is 0 Å². The first-order valence-corrected chi connectivity index (χ1v) is 38.5. The Kier molecular flexibility index (Phi) is 16.2. The standard InChI is InChI=1S/2C54H36N2/c1-3-15-37(16-4-1)38-27-30-41(31-28-38)55(50-25-13-11-20-44(50)39-17-5-2-6-18-39)42-32-34-43(35-33-42)56-51-26-14-12-24-49(51)53-52-45-21-8-7-19-40(45)29-36-47(52)46-22-9-10-23-48(46)54(53)56;1-3-13-37(14-4-1)38-23-25-39(26-24-38)40-27-30-43(31-28-40)55(42-16-5-2-6-17-42)44-32-34-45(35-33-44)56-51-22-12-11-21-50(51)53-52-46-18-8-7-15-41(46)29-36-48(52)47-19-9-10-20-49(47)54(53)56/h2*1-36H. The van der Waals surface area contributed by atoms with Gasteiger partial charge in [-0.1, -0.05) is 334 Å². The van der Waals surface area contributed by atoms with E-state index in [1.807, 2.05) is 0 Å². The van der Waals surface area contributed by atoms with Gasteiger partial charge in [0.25, 0.3) is 0 Å². The van der Waals surface area contributed by atoms with E-state index in [4.69, 9.17) is 0 Å². The summed E-state index contributed by atoms with van der Waals surface area (Å²) in [5.41, 5.74) is 23.4. The van der Waals surface area contributed by atoms with Gasteiger partial charge in [0.15, 0.2) is 0 Å². The minimum atomic E-state index is 1.09. The fraction of sp³-hybridized carbons (Fsp3) is 0. The topological polar surface area (TPSA) is 16.3 Å². The Balaban J connectivity index is 0.000000141. The van der Waals surface area contributed by atoms with E-state index in [1.54, 1.807) is 0 Å². The van der Waals surface area contributed by atoms with Gasteiger partial charge in [0.2, 0.25) is 0 Å². The van der Waals surface area contributed by atoms with Gasteiger partial charge in [-0.3, -0.25) is 0 Å². The molecule has 0 spiro atoms. The van der Waals surface area contributed by atoms with Crippen molar-refractivity contribution in [3.63, 3.8) is 0 Å². The summed E-state index contributed by atoms with van der Waals surface area (Å²) < 4.78 is 4.96. The molecular formula is C108H72N4. The number of para-hydroxylation sites is 4. The molecule has 0 aliphatic heterocycles. The normalized spacial score (nSPS) is 11.6. The number of hydrogen-bond donors (Lipinski definition) is 0. The second-order valence-corrected chi connectivity index (χ2v) is 29.0. The van der Waals surface area contributed by atoms with E-state index in [0.29, 0.717) is 0 Å². The minimum Gasteiger partial charge on any atom is -0.311 e. The zero-order valence-corrected chi connectivity index (χ0v) is 61.4. The van der Waals surface area contributed by atoms with Gasteiger partial charge in [0.05, 0.1) is 27.8 Å². The van der Waals surface area contributed by atoms with Gasteiger partial charge in [-0.25, -0.2) is 0 Å². The highest BCUT2D eigenvalue weighted by atomic mass is 15.2. The van der Waals surface area contributed by atoms with Crippen LogP contribution in [0.4, 0.5) is 34.1 Å². The van der Waals surface area contributed by atoms with Crippen molar-refractivity contribution in [3.8, 4) is 55.9 Å². The van der Waals surface area contributed by atoms with Crippen molar-refractivity contribution in [2.75, 3.05) is 9.80 Å². The van der Waals surface area contributed by atoms with Crippen molar-refractivity contribution in [2.45, 2.75) is 0 Å². The number of nitrogens with zero attached hydrogens (tertiary/aromatic N) is 4. The molecule has 112 heavy (non-hydrogen) atoms. The summed E-state index contributed by atoms with van der Waals surface area (Å²) in [7, 11) is 0. The summed E-state index contributed by atoms with van der Waals surface area (Å²) in [5, 5.41) is 20.5. The third kappa shape index (κ3) is 11.2. The smallest absolute Gasteiger partial charge is 0.0626 e. The van der Waals surface area contributed by atoms with Gasteiger partial charge >= 0.3 is 0 Å². The van der Waals surface area contributed by atoms with Crippen LogP contribution in [0.15, 0.2) is 437 Å². The number of anilines is 6. The van der Waals surface area contributed by atoms with Crippen LogP contribution in [0.5, 0.6) is 0 Å². The molecule has 524 valence electrons. The molecule has 0 aliphatic carbocycles. The zero-order valence-electron chi connectivity index (χ0n) is 61.4. The Labute approximate surface area is 649 Å². The molecule has 4 nitrogen and oxygen atoms in total. The predicted molar refractivity (Wildman–Crippen MR) is 478 cm³/mol. The molecule has 20 aromatic carbocycles. The fourth-order valence-electron chi connectivity index (χ4n) is 17.6. The van der Waals surface area contributed by atoms with Crippen LogP contribution in [0, 0.1) is 0 Å². The molecule has 0 unspecified atom stereocenters. The van der Waals surface area contributed by atoms with E-state index in [0.717, 1.165) is 45.5 Å². The molecule has 2 aromatic heterocycles. The number of benzene rings is 20. The first-order chi connectivity index (χ1) is 55.6. The lowest BCUT2D eigenvalue weighted by Crippen LogP contribution is -2.11. The number of hydrogen-bond acceptors (Lipinski definition) is 2. The maximum Gasteiger partial charge on any atom is 0.0626 e. The van der Waals surface area contributed by atoms with Crippen molar-refractivity contribution in [1.29, 1.82) is 0 Å². The highest BCUT2D eigenvalue weighted by molar-refractivity contribution is 6.38. The second kappa shape index (κ2) is 27.7. The van der Waals surface area contributed by atoms with Crippen LogP contribution in [-0.4, -0.2) is 9.13 Å². The summed E-state index contributed by atoms with van der Waals surface area (Å²) in [4.78, 5) is 4.73. The average Bonchev–Trinajstić information content (AvgIpc) is 1.54. The molecule has 0 amide bonds. The quantitative estimate of drug-likeness (QED) is 0.113. The first kappa shape index (κ1) is 65.5. The van der Waals surface area contributed by atoms with Crippen LogP contribution < -0.4 is 9.80 Å². The van der Waals surface area contributed by atoms with E-state index in [2.05, 4.69) is 456 Å². The Hall–Kier alpha value is -14.8. The van der Waals surface area contributed by atoms with E-state index in [-0.39, 0.29) is 0 Å². The lowest BCUT2D eigenvalue weighted by molar-refractivity contribution is 1.18. The summed E-state index contributed by atoms with van der Waals surface area (Å²) in [6.07, 6.45) is 0. The van der Waals surface area contributed by atoms with Crippen molar-refractivity contribution in [2.24, 2.45) is 0 Å². The number of aromatic nitrogens is 2. The van der Waals surface area contributed by atoms with Crippen molar-refractivity contribution in [3.05, 3.63) is 437 Å². The fourth-order valence-corrected chi connectivity index (χ4v) is 17.6. The van der Waals surface area contributed by atoms with Crippen LogP contribution in [0.1, 0.15) is 0 Å². The van der Waals surface area contributed by atoms with E-state index >= 15 is 0 Å². The molecule has 2 heterocycles. The Morgan fingerprint density at radius 3 is 0.884 bits per heavy atom. The molecule has 0 saturated carbocycles. The van der Waals surface area contributed by atoms with E-state index < -0.39 is 0 Å². The monoisotopic (exact) mass is 1420 g/mol. The molecule has 0 N–H and O–H groups in total. The van der Waals surface area contributed by atoms with Crippen LogP contribution in [0.2, 0.25) is 0 Å². The number of fused-ring (bicyclic) bond motifs is 20. The van der Waals surface area contributed by atoms with Gasteiger partial charge in [0.1, 0.15) is 0 Å². The highest BCUT2D eigenvalue weighted by Crippen LogP contribution is 2.49. The lowest BCUT2D eigenvalue weighted by atomic mass is 9.93. The van der Waals surface area contributed by atoms with Gasteiger partial charge in [0, 0.05) is 88.5 Å². The summed E-state index contributed by atoms with van der Waals surface area (Å²) in [6, 6.07) is 158. The molecule has 22 aromatic rings. The predicted octanol–water partition coefficient (Wildman–Crippen LogP) is 30.1. The maximum absolute atomic E-state index is 2.48. The third-order valence-corrected chi connectivity index (χ3v) is 22.7. The van der Waals surface area contributed by atoms with Crippen LogP contribution >= 0.6 is 0 Å². The van der Waals surface area contributed by atoms with Gasteiger partial charge < -0.3 is 18.9 Å². The summed E-state index contributed by atoms with van der Waals surface area (Å²) in [6.45, 7) is 0. The molecule has 0 fully saturated rings. The number of rotatable bonds is 12. The van der Waals surface area contributed by atoms with Crippen LogP contribution in [0.3, 0.4) is 0 Å². The van der Waals surface area contributed by atoms with E-state index in [1.165, 1.54) is 153 Å². The van der Waals surface area contributed by atoms with E-state index in [9.17, 15) is 0 Å². The molecule has 0 aliphatic rings. The third-order valence-electron chi connectivity index (χ3n) is 22.7. The molecule has 22 rings (SSSR count). The Morgan fingerprint density at radius 2 is 0.455 bits per heavy atom. The summed E-state index contributed by atoms with van der Waals surface area (Å²) in [5.74, 6) is 0. The van der Waals surface area contributed by atoms with Gasteiger partial charge in [-0.15, -0.1) is 0 Å². The van der Waals surface area contributed by atoms with Crippen LogP contribution in [-0.2, 0) is 0 Å². The van der Waals surface area contributed by atoms with Crippen molar-refractivity contribution >= 4 is 142 Å². The molecular weight excluding hydrogens is 1350 g/mol. The largest absolute Gasteiger partial charge is 0.311 e. The second-order valence-electron chi connectivity index (χ2n) is 29.0.